The molecule has 0 aromatic heterocycles. The number of hydrogen-bond acceptors (Lipinski definition) is 8. The van der Waals surface area contributed by atoms with Gasteiger partial charge in [-0.1, -0.05) is 37.1 Å². The molecule has 0 radical (unpaired) electrons. The van der Waals surface area contributed by atoms with Gasteiger partial charge < -0.3 is 14.8 Å². The first-order valence-electron chi connectivity index (χ1n) is 10.4. The molecule has 0 spiro atoms. The standard InChI is InChI=1S/C22H25N3O8/c26-21(32-15-17-9-4-6-11-19(17)24(28)29)13-3-1-2-8-14-23-22(27)33-16-18-10-5-7-12-20(18)25(30)31/h4-7,9-12H,1-3,8,13-16H2,(H,23,27). The van der Waals surface area contributed by atoms with Crippen LogP contribution in [0.5, 0.6) is 0 Å². The summed E-state index contributed by atoms with van der Waals surface area (Å²) in [6.45, 7) is 0.0310. The van der Waals surface area contributed by atoms with Gasteiger partial charge in [-0.05, 0) is 25.0 Å². The van der Waals surface area contributed by atoms with Crippen LogP contribution in [0.25, 0.3) is 0 Å². The fourth-order valence-electron chi connectivity index (χ4n) is 2.99. The zero-order valence-corrected chi connectivity index (χ0v) is 17.9. The van der Waals surface area contributed by atoms with Gasteiger partial charge in [0.05, 0.1) is 21.0 Å². The summed E-state index contributed by atoms with van der Waals surface area (Å²) in [6.07, 6.45) is 2.32. The molecule has 0 aliphatic carbocycles. The molecule has 1 amide bonds. The Hall–Kier alpha value is -4.02. The maximum atomic E-state index is 11.8. The number of ether oxygens (including phenoxy) is 2. The van der Waals surface area contributed by atoms with Crippen LogP contribution in [0.4, 0.5) is 16.2 Å². The van der Waals surface area contributed by atoms with Crippen molar-refractivity contribution in [1.29, 1.82) is 0 Å². The van der Waals surface area contributed by atoms with E-state index in [4.69, 9.17) is 9.47 Å². The van der Waals surface area contributed by atoms with Gasteiger partial charge in [0.1, 0.15) is 13.2 Å². The maximum absolute atomic E-state index is 11.8. The summed E-state index contributed by atoms with van der Waals surface area (Å²) < 4.78 is 10.1. The molecule has 1 N–H and O–H groups in total. The lowest BCUT2D eigenvalue weighted by atomic mass is 10.1. The minimum absolute atomic E-state index is 0.0849. The molecular weight excluding hydrogens is 434 g/mol. The van der Waals surface area contributed by atoms with Gasteiger partial charge in [-0.2, -0.15) is 0 Å². The summed E-state index contributed by atoms with van der Waals surface area (Å²) in [5.74, 6) is -0.426. The predicted molar refractivity (Wildman–Crippen MR) is 117 cm³/mol. The van der Waals surface area contributed by atoms with E-state index in [0.717, 1.165) is 12.8 Å². The highest BCUT2D eigenvalue weighted by molar-refractivity contribution is 5.69. The van der Waals surface area contributed by atoms with Crippen molar-refractivity contribution in [1.82, 2.24) is 5.32 Å². The molecule has 11 heteroatoms. The predicted octanol–water partition coefficient (Wildman–Crippen LogP) is 4.42. The van der Waals surface area contributed by atoms with Gasteiger partial charge >= 0.3 is 12.1 Å². The van der Waals surface area contributed by atoms with E-state index in [1.54, 1.807) is 24.3 Å². The summed E-state index contributed by atoms with van der Waals surface area (Å²) in [5, 5.41) is 24.5. The molecule has 2 rings (SSSR count). The van der Waals surface area contributed by atoms with Crippen LogP contribution < -0.4 is 5.32 Å². The number of carbonyl (C=O) groups is 2. The number of nitro groups is 2. The van der Waals surface area contributed by atoms with Crippen molar-refractivity contribution in [2.75, 3.05) is 6.54 Å². The highest BCUT2D eigenvalue weighted by atomic mass is 16.6. The van der Waals surface area contributed by atoms with E-state index in [1.165, 1.54) is 24.3 Å². The van der Waals surface area contributed by atoms with E-state index >= 15 is 0 Å². The lowest BCUT2D eigenvalue weighted by Crippen LogP contribution is -2.25. The molecule has 0 aliphatic heterocycles. The van der Waals surface area contributed by atoms with Crippen molar-refractivity contribution in [2.24, 2.45) is 0 Å². The topological polar surface area (TPSA) is 151 Å². The molecular formula is C22H25N3O8. The van der Waals surface area contributed by atoms with Gasteiger partial charge in [-0.3, -0.25) is 25.0 Å². The molecule has 2 aromatic rings. The molecule has 0 bridgehead atoms. The number of esters is 1. The Bertz CT molecular complexity index is 902. The average molecular weight is 459 g/mol. The quantitative estimate of drug-likeness (QED) is 0.200. The number of nitrogens with one attached hydrogen (secondary N) is 1. The van der Waals surface area contributed by atoms with Crippen LogP contribution in [-0.2, 0) is 27.5 Å². The van der Waals surface area contributed by atoms with Crippen LogP contribution in [0.15, 0.2) is 48.5 Å². The van der Waals surface area contributed by atoms with E-state index in [0.29, 0.717) is 30.5 Å². The van der Waals surface area contributed by atoms with Gasteiger partial charge in [0.2, 0.25) is 0 Å². The SMILES string of the molecule is O=C(CCCCCCNC(=O)OCc1ccccc1[N+](=O)[O-])OCc1ccccc1[N+](=O)[O-]. The number of unbranched alkanes of at least 4 members (excludes halogenated alkanes) is 3. The zero-order chi connectivity index (χ0) is 24.1. The summed E-state index contributed by atoms with van der Waals surface area (Å²) in [6, 6.07) is 12.1. The number of benzene rings is 2. The third-order valence-corrected chi connectivity index (χ3v) is 4.70. The second-order valence-corrected chi connectivity index (χ2v) is 7.10. The van der Waals surface area contributed by atoms with Gasteiger partial charge in [-0.15, -0.1) is 0 Å². The van der Waals surface area contributed by atoms with Crippen molar-refractivity contribution in [3.8, 4) is 0 Å². The molecule has 0 aliphatic rings. The van der Waals surface area contributed by atoms with Crippen LogP contribution in [0, 0.1) is 20.2 Å². The minimum Gasteiger partial charge on any atom is -0.461 e. The number of amides is 1. The van der Waals surface area contributed by atoms with Crippen molar-refractivity contribution in [3.05, 3.63) is 79.9 Å². The maximum Gasteiger partial charge on any atom is 0.407 e. The van der Waals surface area contributed by atoms with E-state index in [9.17, 15) is 29.8 Å². The Morgan fingerprint density at radius 3 is 1.85 bits per heavy atom. The van der Waals surface area contributed by atoms with Crippen molar-refractivity contribution < 1.29 is 28.9 Å². The largest absolute Gasteiger partial charge is 0.461 e. The van der Waals surface area contributed by atoms with Crippen molar-refractivity contribution >= 4 is 23.4 Å². The number of alkyl carbamates (subject to hydrolysis) is 1. The third-order valence-electron chi connectivity index (χ3n) is 4.70. The Morgan fingerprint density at radius 1 is 0.758 bits per heavy atom. The average Bonchev–Trinajstić information content (AvgIpc) is 2.81. The van der Waals surface area contributed by atoms with Crippen LogP contribution in [-0.4, -0.2) is 28.5 Å². The highest BCUT2D eigenvalue weighted by Crippen LogP contribution is 2.19. The number of nitrogens with zero attached hydrogens (tertiary/aromatic N) is 2. The Balaban J connectivity index is 1.54. The summed E-state index contributed by atoms with van der Waals surface area (Å²) in [5.41, 5.74) is 0.464. The molecule has 0 atom stereocenters. The molecule has 11 nitrogen and oxygen atoms in total. The van der Waals surface area contributed by atoms with E-state index < -0.39 is 21.9 Å². The third kappa shape index (κ3) is 8.93. The summed E-state index contributed by atoms with van der Waals surface area (Å²) in [7, 11) is 0. The van der Waals surface area contributed by atoms with Gasteiger partial charge in [0.15, 0.2) is 0 Å². The first-order valence-corrected chi connectivity index (χ1v) is 10.4. The smallest absolute Gasteiger partial charge is 0.407 e. The first-order chi connectivity index (χ1) is 15.9. The summed E-state index contributed by atoms with van der Waals surface area (Å²) >= 11 is 0. The highest BCUT2D eigenvalue weighted by Gasteiger charge is 2.15. The van der Waals surface area contributed by atoms with Crippen LogP contribution in [0.1, 0.15) is 43.2 Å². The number of nitro benzene ring substituents is 2. The lowest BCUT2D eigenvalue weighted by molar-refractivity contribution is -0.386. The Morgan fingerprint density at radius 2 is 1.27 bits per heavy atom. The molecule has 33 heavy (non-hydrogen) atoms. The fourth-order valence-corrected chi connectivity index (χ4v) is 2.99. The molecule has 2 aromatic carbocycles. The van der Waals surface area contributed by atoms with Crippen molar-refractivity contribution in [2.45, 2.75) is 45.3 Å². The number of para-hydroxylation sites is 2. The second-order valence-electron chi connectivity index (χ2n) is 7.10. The number of carbonyl (C=O) groups excluding carboxylic acids is 2. The molecule has 0 heterocycles. The lowest BCUT2D eigenvalue weighted by Gasteiger charge is -2.08. The monoisotopic (exact) mass is 459 g/mol. The van der Waals surface area contributed by atoms with Crippen molar-refractivity contribution in [3.63, 3.8) is 0 Å². The van der Waals surface area contributed by atoms with E-state index in [-0.39, 0.29) is 31.0 Å². The summed E-state index contributed by atoms with van der Waals surface area (Å²) in [4.78, 5) is 44.4. The zero-order valence-electron chi connectivity index (χ0n) is 17.9. The van der Waals surface area contributed by atoms with Crippen LogP contribution >= 0.6 is 0 Å². The van der Waals surface area contributed by atoms with E-state index in [2.05, 4.69) is 5.32 Å². The molecule has 0 saturated heterocycles. The van der Waals surface area contributed by atoms with Crippen LogP contribution in [0.3, 0.4) is 0 Å². The first kappa shape index (κ1) is 25.2. The number of hydrogen-bond donors (Lipinski definition) is 1. The minimum atomic E-state index is -0.660. The van der Waals surface area contributed by atoms with E-state index in [1.807, 2.05) is 0 Å². The molecule has 0 unspecified atom stereocenters. The molecule has 0 saturated carbocycles. The Kier molecular flexibility index (Phi) is 10.3. The normalized spacial score (nSPS) is 10.3. The number of rotatable bonds is 13. The van der Waals surface area contributed by atoms with Gasteiger partial charge in [0.25, 0.3) is 11.4 Å². The Labute approximate surface area is 190 Å². The molecule has 176 valence electrons. The van der Waals surface area contributed by atoms with Crippen LogP contribution in [0.2, 0.25) is 0 Å². The fraction of sp³-hybridized carbons (Fsp3) is 0.364. The molecule has 0 fully saturated rings. The van der Waals surface area contributed by atoms with Gasteiger partial charge in [-0.25, -0.2) is 4.79 Å². The van der Waals surface area contributed by atoms with Gasteiger partial charge in [0, 0.05) is 25.1 Å². The second kappa shape index (κ2) is 13.4.